The molecule has 0 bridgehead atoms. The smallest absolute Gasteiger partial charge is 0.222 e. The van der Waals surface area contributed by atoms with Crippen molar-refractivity contribution in [3.8, 4) is 5.75 Å². The minimum atomic E-state index is -0.256. The maximum absolute atomic E-state index is 12.5. The number of aliphatic hydroxyl groups excluding tert-OH is 1. The molecule has 2 heterocycles. The quantitative estimate of drug-likeness (QED) is 0.767. The molecule has 1 saturated heterocycles. The largest absolute Gasteiger partial charge is 0.493 e. The molecule has 0 unspecified atom stereocenters. The molecular formula is C21H28N2O4. The summed E-state index contributed by atoms with van der Waals surface area (Å²) in [4.78, 5) is 26.1. The fourth-order valence-corrected chi connectivity index (χ4v) is 4.39. The molecule has 4 rings (SSSR count). The predicted molar refractivity (Wildman–Crippen MR) is 100 cm³/mol. The van der Waals surface area contributed by atoms with E-state index in [1.165, 1.54) is 5.56 Å². The molecule has 0 spiro atoms. The number of nitrogens with one attached hydrogen (secondary N) is 1. The Labute approximate surface area is 159 Å². The van der Waals surface area contributed by atoms with Crippen LogP contribution in [0.15, 0.2) is 18.2 Å². The number of benzene rings is 1. The van der Waals surface area contributed by atoms with Crippen LogP contribution in [-0.4, -0.2) is 47.6 Å². The molecule has 2 aliphatic heterocycles. The normalized spacial score (nSPS) is 24.9. The zero-order chi connectivity index (χ0) is 18.8. The Morgan fingerprint density at radius 2 is 2.19 bits per heavy atom. The third-order valence-electron chi connectivity index (χ3n) is 6.01. The molecule has 0 aromatic heterocycles. The molecule has 1 saturated carbocycles. The third kappa shape index (κ3) is 4.10. The van der Waals surface area contributed by atoms with E-state index < -0.39 is 0 Å². The third-order valence-corrected chi connectivity index (χ3v) is 6.01. The van der Waals surface area contributed by atoms with Gasteiger partial charge in [0.25, 0.3) is 0 Å². The van der Waals surface area contributed by atoms with Crippen molar-refractivity contribution >= 4 is 11.8 Å². The molecule has 2 fully saturated rings. The zero-order valence-electron chi connectivity index (χ0n) is 15.7. The van der Waals surface area contributed by atoms with E-state index in [1.807, 2.05) is 17.0 Å². The first-order chi connectivity index (χ1) is 13.1. The second kappa shape index (κ2) is 7.89. The Morgan fingerprint density at radius 1 is 1.33 bits per heavy atom. The number of ether oxygens (including phenoxy) is 1. The number of nitrogens with zero attached hydrogens (tertiary/aromatic N) is 1. The van der Waals surface area contributed by atoms with E-state index in [0.717, 1.165) is 43.5 Å². The molecule has 2 N–H and O–H groups in total. The first-order valence-electron chi connectivity index (χ1n) is 10.1. The van der Waals surface area contributed by atoms with Crippen molar-refractivity contribution in [3.63, 3.8) is 0 Å². The van der Waals surface area contributed by atoms with Crippen molar-refractivity contribution in [3.05, 3.63) is 29.3 Å². The van der Waals surface area contributed by atoms with Crippen molar-refractivity contribution in [1.29, 1.82) is 0 Å². The van der Waals surface area contributed by atoms with E-state index in [9.17, 15) is 14.7 Å². The molecule has 0 radical (unpaired) electrons. The van der Waals surface area contributed by atoms with Crippen LogP contribution in [0.25, 0.3) is 0 Å². The van der Waals surface area contributed by atoms with Crippen LogP contribution in [0.3, 0.4) is 0 Å². The lowest BCUT2D eigenvalue weighted by molar-refractivity contribution is -0.128. The number of likely N-dealkylation sites (tertiary alicyclic amines) is 1. The van der Waals surface area contributed by atoms with Gasteiger partial charge in [0.2, 0.25) is 11.8 Å². The van der Waals surface area contributed by atoms with Gasteiger partial charge in [0.1, 0.15) is 5.75 Å². The molecule has 27 heavy (non-hydrogen) atoms. The molecule has 3 aliphatic rings. The van der Waals surface area contributed by atoms with Crippen LogP contribution in [0.2, 0.25) is 0 Å². The van der Waals surface area contributed by atoms with Gasteiger partial charge in [-0.2, -0.15) is 0 Å². The maximum atomic E-state index is 12.5. The average molecular weight is 372 g/mol. The molecule has 1 aliphatic carbocycles. The number of rotatable bonds is 7. The van der Waals surface area contributed by atoms with Gasteiger partial charge in [-0.05, 0) is 54.9 Å². The second-order valence-corrected chi connectivity index (χ2v) is 7.98. The Bertz CT molecular complexity index is 714. The van der Waals surface area contributed by atoms with Crippen LogP contribution in [0, 0.1) is 5.92 Å². The van der Waals surface area contributed by atoms with Crippen molar-refractivity contribution in [2.45, 2.75) is 57.1 Å². The molecule has 146 valence electrons. The van der Waals surface area contributed by atoms with Gasteiger partial charge < -0.3 is 20.1 Å². The second-order valence-electron chi connectivity index (χ2n) is 7.98. The molecule has 6 nitrogen and oxygen atoms in total. The zero-order valence-corrected chi connectivity index (χ0v) is 15.7. The summed E-state index contributed by atoms with van der Waals surface area (Å²) >= 11 is 0. The van der Waals surface area contributed by atoms with Crippen LogP contribution in [0.1, 0.15) is 55.7 Å². The number of carbonyl (C=O) groups excluding carboxylic acids is 2. The number of hydrogen-bond donors (Lipinski definition) is 2. The van der Waals surface area contributed by atoms with Gasteiger partial charge in [-0.25, -0.2) is 0 Å². The van der Waals surface area contributed by atoms with Crippen molar-refractivity contribution in [2.24, 2.45) is 5.92 Å². The lowest BCUT2D eigenvalue weighted by Crippen LogP contribution is -2.41. The molecule has 6 heteroatoms. The van der Waals surface area contributed by atoms with Crippen LogP contribution in [0.4, 0.5) is 0 Å². The van der Waals surface area contributed by atoms with E-state index in [2.05, 4.69) is 11.4 Å². The minimum Gasteiger partial charge on any atom is -0.493 e. The summed E-state index contributed by atoms with van der Waals surface area (Å²) in [7, 11) is 0. The van der Waals surface area contributed by atoms with Crippen LogP contribution in [0.5, 0.6) is 5.75 Å². The minimum absolute atomic E-state index is 0.0183. The lowest BCUT2D eigenvalue weighted by atomic mass is 9.74. The highest BCUT2D eigenvalue weighted by atomic mass is 16.5. The average Bonchev–Trinajstić information content (AvgIpc) is 3.25. The number of aliphatic hydroxyl groups is 1. The highest BCUT2D eigenvalue weighted by Crippen LogP contribution is 2.39. The van der Waals surface area contributed by atoms with E-state index >= 15 is 0 Å². The Morgan fingerprint density at radius 3 is 2.93 bits per heavy atom. The molecular weight excluding hydrogens is 344 g/mol. The molecule has 2 amide bonds. The summed E-state index contributed by atoms with van der Waals surface area (Å²) in [6.45, 7) is 2.20. The predicted octanol–water partition coefficient (Wildman–Crippen LogP) is 1.95. The summed E-state index contributed by atoms with van der Waals surface area (Å²) in [5, 5.41) is 12.9. The van der Waals surface area contributed by atoms with Gasteiger partial charge in [-0.15, -0.1) is 0 Å². The fourth-order valence-electron chi connectivity index (χ4n) is 4.39. The van der Waals surface area contributed by atoms with E-state index in [4.69, 9.17) is 4.74 Å². The first kappa shape index (κ1) is 18.3. The molecule has 1 atom stereocenters. The standard InChI is InChI=1S/C21H28N2O4/c24-17-12-16(13-17)21(15-5-6-18-14(11-15)7-10-27-18)22-19(25)3-1-8-23-9-2-4-20(23)26/h5-6,11,16-17,21,24H,1-4,7-10,12-13H2,(H,22,25)/t16?,17?,21-/m0/s1. The first-order valence-corrected chi connectivity index (χ1v) is 10.1. The van der Waals surface area contributed by atoms with Gasteiger partial charge in [0.05, 0.1) is 18.8 Å². The number of carbonyl (C=O) groups is 2. The summed E-state index contributed by atoms with van der Waals surface area (Å²) in [6.07, 6.45) is 4.77. The highest BCUT2D eigenvalue weighted by Gasteiger charge is 2.36. The van der Waals surface area contributed by atoms with Gasteiger partial charge >= 0.3 is 0 Å². The molecule has 1 aromatic rings. The van der Waals surface area contributed by atoms with Gasteiger partial charge in [0, 0.05) is 32.4 Å². The lowest BCUT2D eigenvalue weighted by Gasteiger charge is -2.38. The summed E-state index contributed by atoms with van der Waals surface area (Å²) in [5.74, 6) is 1.43. The fraction of sp³-hybridized carbons (Fsp3) is 0.619. The van der Waals surface area contributed by atoms with E-state index in [1.54, 1.807) is 0 Å². The SMILES string of the molecule is O=C(CCCN1CCCC1=O)N[C@@H](c1ccc2c(c1)CCO2)C1CC(O)C1. The number of amides is 2. The molecule has 1 aromatic carbocycles. The summed E-state index contributed by atoms with van der Waals surface area (Å²) < 4.78 is 5.58. The van der Waals surface area contributed by atoms with Crippen molar-refractivity contribution in [1.82, 2.24) is 10.2 Å². The van der Waals surface area contributed by atoms with Crippen LogP contribution >= 0.6 is 0 Å². The van der Waals surface area contributed by atoms with E-state index in [0.29, 0.717) is 32.4 Å². The van der Waals surface area contributed by atoms with Crippen LogP contribution in [-0.2, 0) is 16.0 Å². The van der Waals surface area contributed by atoms with Crippen molar-refractivity contribution in [2.75, 3.05) is 19.7 Å². The maximum Gasteiger partial charge on any atom is 0.222 e. The van der Waals surface area contributed by atoms with Crippen molar-refractivity contribution < 1.29 is 19.4 Å². The Kier molecular flexibility index (Phi) is 5.34. The van der Waals surface area contributed by atoms with Gasteiger partial charge in [0.15, 0.2) is 0 Å². The number of fused-ring (bicyclic) bond motifs is 1. The van der Waals surface area contributed by atoms with Gasteiger partial charge in [-0.3, -0.25) is 9.59 Å². The summed E-state index contributed by atoms with van der Waals surface area (Å²) in [5.41, 5.74) is 2.29. The number of hydrogen-bond acceptors (Lipinski definition) is 4. The van der Waals surface area contributed by atoms with Crippen LogP contribution < -0.4 is 10.1 Å². The Balaban J connectivity index is 1.36. The summed E-state index contributed by atoms with van der Waals surface area (Å²) in [6, 6.07) is 6.09. The van der Waals surface area contributed by atoms with Gasteiger partial charge in [-0.1, -0.05) is 6.07 Å². The van der Waals surface area contributed by atoms with E-state index in [-0.39, 0.29) is 29.9 Å². The highest BCUT2D eigenvalue weighted by molar-refractivity contribution is 5.78. The topological polar surface area (TPSA) is 78.9 Å². The Hall–Kier alpha value is -2.08. The monoisotopic (exact) mass is 372 g/mol.